The number of nitrogens with one attached hydrogen (secondary N) is 1. The number of benzene rings is 1. The standard InChI is InChI=1S/C25H33FN4O2/c1-16-4-3-11-30(16)15-17-5-6-20(22(26)12-17)18-13-21(23(27)28-14-18)24(31)29-19-7-9-25(2,32)10-8-19/h5-6,12-14,16,19,32H,3-4,7-11,15H2,1-2H3,(H2,27,28)(H,29,31)/t16-,19?,25?/m1/s1. The molecule has 2 heterocycles. The topological polar surface area (TPSA) is 91.5 Å². The average molecular weight is 441 g/mol. The van der Waals surface area contributed by atoms with Gasteiger partial charge in [-0.3, -0.25) is 9.69 Å². The van der Waals surface area contributed by atoms with Crippen molar-refractivity contribution in [1.82, 2.24) is 15.2 Å². The van der Waals surface area contributed by atoms with Crippen LogP contribution in [0.3, 0.4) is 0 Å². The van der Waals surface area contributed by atoms with Crippen LogP contribution in [0.2, 0.25) is 0 Å². The van der Waals surface area contributed by atoms with Gasteiger partial charge in [-0.05, 0) is 76.6 Å². The van der Waals surface area contributed by atoms with Crippen molar-refractivity contribution >= 4 is 11.7 Å². The second-order valence-electron chi connectivity index (χ2n) is 9.68. The minimum absolute atomic E-state index is 0.0187. The zero-order valence-corrected chi connectivity index (χ0v) is 18.9. The van der Waals surface area contributed by atoms with Crippen molar-refractivity contribution in [2.75, 3.05) is 12.3 Å². The zero-order valence-electron chi connectivity index (χ0n) is 18.9. The molecule has 1 saturated carbocycles. The molecule has 2 fully saturated rings. The van der Waals surface area contributed by atoms with Gasteiger partial charge >= 0.3 is 0 Å². The minimum atomic E-state index is -0.668. The first kappa shape index (κ1) is 22.7. The first-order chi connectivity index (χ1) is 15.2. The van der Waals surface area contributed by atoms with E-state index in [0.29, 0.717) is 42.9 Å². The number of likely N-dealkylation sites (tertiary alicyclic amines) is 1. The van der Waals surface area contributed by atoms with Gasteiger partial charge in [0.1, 0.15) is 11.6 Å². The summed E-state index contributed by atoms with van der Waals surface area (Å²) >= 11 is 0. The van der Waals surface area contributed by atoms with E-state index in [9.17, 15) is 14.3 Å². The van der Waals surface area contributed by atoms with Gasteiger partial charge < -0.3 is 16.2 Å². The van der Waals surface area contributed by atoms with Crippen molar-refractivity contribution in [3.63, 3.8) is 0 Å². The van der Waals surface area contributed by atoms with Crippen molar-refractivity contribution in [2.45, 2.75) is 76.6 Å². The van der Waals surface area contributed by atoms with E-state index in [1.807, 2.05) is 13.0 Å². The number of rotatable bonds is 5. The number of nitrogens with zero attached hydrogens (tertiary/aromatic N) is 2. The lowest BCUT2D eigenvalue weighted by molar-refractivity contribution is 0.0140. The van der Waals surface area contributed by atoms with Gasteiger partial charge in [0.05, 0.1) is 11.2 Å². The maximum atomic E-state index is 15.0. The molecule has 1 aromatic carbocycles. The largest absolute Gasteiger partial charge is 0.390 e. The molecular weight excluding hydrogens is 407 g/mol. The highest BCUT2D eigenvalue weighted by Crippen LogP contribution is 2.29. The normalized spacial score (nSPS) is 26.2. The SMILES string of the molecule is C[C@@H]1CCCN1Cc1ccc(-c2cnc(N)c(C(=O)NC3CCC(C)(O)CC3)c2)c(F)c1. The van der Waals surface area contributed by atoms with Crippen molar-refractivity contribution in [1.29, 1.82) is 0 Å². The average Bonchev–Trinajstić information content (AvgIpc) is 3.14. The number of aromatic nitrogens is 1. The molecule has 172 valence electrons. The first-order valence-electron chi connectivity index (χ1n) is 11.5. The highest BCUT2D eigenvalue weighted by atomic mass is 19.1. The number of pyridine rings is 1. The lowest BCUT2D eigenvalue weighted by atomic mass is 9.83. The molecule has 0 spiro atoms. The number of hydrogen-bond donors (Lipinski definition) is 3. The lowest BCUT2D eigenvalue weighted by Crippen LogP contribution is -2.42. The Morgan fingerprint density at radius 2 is 2.06 bits per heavy atom. The van der Waals surface area contributed by atoms with Gasteiger partial charge in [0.25, 0.3) is 5.91 Å². The Morgan fingerprint density at radius 3 is 2.72 bits per heavy atom. The summed E-state index contributed by atoms with van der Waals surface area (Å²) in [5.41, 5.74) is 7.41. The summed E-state index contributed by atoms with van der Waals surface area (Å²) in [6.45, 7) is 5.81. The van der Waals surface area contributed by atoms with Gasteiger partial charge in [-0.15, -0.1) is 0 Å². The second-order valence-corrected chi connectivity index (χ2v) is 9.68. The Hall–Kier alpha value is -2.51. The molecule has 1 aliphatic heterocycles. The molecule has 0 radical (unpaired) electrons. The summed E-state index contributed by atoms with van der Waals surface area (Å²) in [6, 6.07) is 7.38. The summed E-state index contributed by atoms with van der Waals surface area (Å²) < 4.78 is 15.0. The van der Waals surface area contributed by atoms with Crippen LogP contribution in [0.25, 0.3) is 11.1 Å². The minimum Gasteiger partial charge on any atom is -0.390 e. The summed E-state index contributed by atoms with van der Waals surface area (Å²) in [5, 5.41) is 13.1. The van der Waals surface area contributed by atoms with Crippen molar-refractivity contribution in [2.24, 2.45) is 0 Å². The fourth-order valence-electron chi connectivity index (χ4n) is 4.80. The molecule has 1 amide bonds. The Balaban J connectivity index is 1.49. The van der Waals surface area contributed by atoms with E-state index < -0.39 is 5.60 Å². The molecule has 1 saturated heterocycles. The van der Waals surface area contributed by atoms with Crippen LogP contribution in [-0.2, 0) is 6.54 Å². The number of carbonyl (C=O) groups is 1. The highest BCUT2D eigenvalue weighted by Gasteiger charge is 2.30. The monoisotopic (exact) mass is 440 g/mol. The summed E-state index contributed by atoms with van der Waals surface area (Å²) in [7, 11) is 0. The van der Waals surface area contributed by atoms with Crippen molar-refractivity contribution < 1.29 is 14.3 Å². The number of carbonyl (C=O) groups excluding carboxylic acids is 1. The summed E-state index contributed by atoms with van der Waals surface area (Å²) in [5.74, 6) is -0.528. The van der Waals surface area contributed by atoms with E-state index in [0.717, 1.165) is 18.7 Å². The van der Waals surface area contributed by atoms with E-state index in [1.165, 1.54) is 19.0 Å². The first-order valence-corrected chi connectivity index (χ1v) is 11.5. The van der Waals surface area contributed by atoms with E-state index in [2.05, 4.69) is 22.1 Å². The zero-order chi connectivity index (χ0) is 22.9. The maximum Gasteiger partial charge on any atom is 0.255 e. The Morgan fingerprint density at radius 1 is 1.31 bits per heavy atom. The fourth-order valence-corrected chi connectivity index (χ4v) is 4.80. The number of nitrogens with two attached hydrogens (primary N) is 1. The summed E-state index contributed by atoms with van der Waals surface area (Å²) in [4.78, 5) is 19.4. The van der Waals surface area contributed by atoms with Crippen LogP contribution in [-0.4, -0.2) is 45.1 Å². The lowest BCUT2D eigenvalue weighted by Gasteiger charge is -2.33. The molecule has 1 aromatic heterocycles. The van der Waals surface area contributed by atoms with Crippen LogP contribution in [0.1, 0.15) is 68.3 Å². The molecular formula is C25H33FN4O2. The third kappa shape index (κ3) is 5.10. The molecule has 0 bridgehead atoms. The van der Waals surface area contributed by atoms with Crippen LogP contribution < -0.4 is 11.1 Å². The molecule has 1 aliphatic carbocycles. The molecule has 0 unspecified atom stereocenters. The maximum absolute atomic E-state index is 15.0. The van der Waals surface area contributed by atoms with Gasteiger partial charge in [0.15, 0.2) is 0 Å². The van der Waals surface area contributed by atoms with Crippen LogP contribution >= 0.6 is 0 Å². The highest BCUT2D eigenvalue weighted by molar-refractivity contribution is 5.99. The van der Waals surface area contributed by atoms with E-state index >= 15 is 0 Å². The molecule has 4 rings (SSSR count). The number of amides is 1. The summed E-state index contributed by atoms with van der Waals surface area (Å²) in [6.07, 6.45) is 6.56. The third-order valence-corrected chi connectivity index (χ3v) is 6.98. The quantitative estimate of drug-likeness (QED) is 0.656. The molecule has 4 N–H and O–H groups in total. The molecule has 2 aliphatic rings. The molecule has 1 atom stereocenters. The van der Waals surface area contributed by atoms with Gasteiger partial charge in [0.2, 0.25) is 0 Å². The van der Waals surface area contributed by atoms with E-state index in [4.69, 9.17) is 5.73 Å². The molecule has 7 heteroatoms. The number of anilines is 1. The Labute approximate surface area is 189 Å². The third-order valence-electron chi connectivity index (χ3n) is 6.98. The van der Waals surface area contributed by atoms with Crippen LogP contribution in [0.4, 0.5) is 10.2 Å². The Kier molecular flexibility index (Phi) is 6.49. The van der Waals surface area contributed by atoms with Crippen LogP contribution in [0.15, 0.2) is 30.5 Å². The predicted octanol–water partition coefficient (Wildman–Crippen LogP) is 3.88. The van der Waals surface area contributed by atoms with Gasteiger partial charge in [-0.1, -0.05) is 12.1 Å². The van der Waals surface area contributed by atoms with E-state index in [1.54, 1.807) is 18.2 Å². The molecule has 6 nitrogen and oxygen atoms in total. The predicted molar refractivity (Wildman–Crippen MR) is 123 cm³/mol. The number of halogens is 1. The number of aliphatic hydroxyl groups is 1. The Bertz CT molecular complexity index is 984. The van der Waals surface area contributed by atoms with Crippen LogP contribution in [0, 0.1) is 5.82 Å². The van der Waals surface area contributed by atoms with Gasteiger partial charge in [-0.25, -0.2) is 9.37 Å². The fraction of sp³-hybridized carbons (Fsp3) is 0.520. The van der Waals surface area contributed by atoms with Crippen LogP contribution in [0.5, 0.6) is 0 Å². The smallest absolute Gasteiger partial charge is 0.255 e. The van der Waals surface area contributed by atoms with Gasteiger partial charge in [-0.2, -0.15) is 0 Å². The van der Waals surface area contributed by atoms with Crippen molar-refractivity contribution in [3.05, 3.63) is 47.4 Å². The molecule has 32 heavy (non-hydrogen) atoms. The van der Waals surface area contributed by atoms with Gasteiger partial charge in [0, 0.05) is 36.0 Å². The van der Waals surface area contributed by atoms with Crippen molar-refractivity contribution in [3.8, 4) is 11.1 Å². The number of nitrogen functional groups attached to an aromatic ring is 1. The number of hydrogen-bond acceptors (Lipinski definition) is 5. The van der Waals surface area contributed by atoms with E-state index in [-0.39, 0.29) is 29.1 Å². The molecule has 2 aromatic rings. The second kappa shape index (κ2) is 9.16.